The Labute approximate surface area is 147 Å². The second-order valence-electron chi connectivity index (χ2n) is 6.47. The zero-order valence-electron chi connectivity index (χ0n) is 14.4. The predicted octanol–water partition coefficient (Wildman–Crippen LogP) is -0.0181. The Morgan fingerprint density at radius 3 is 2.52 bits per heavy atom. The maximum Gasteiger partial charge on any atom is 0.248 e. The Morgan fingerprint density at radius 2 is 1.92 bits per heavy atom. The number of aliphatic hydroxyl groups is 1. The molecule has 134 valence electrons. The summed E-state index contributed by atoms with van der Waals surface area (Å²) in [5.74, 6) is 0.0350. The van der Waals surface area contributed by atoms with E-state index in [9.17, 15) is 9.90 Å². The number of aromatic nitrogens is 4. The molecule has 0 radical (unpaired) electrons. The van der Waals surface area contributed by atoms with Crippen LogP contribution in [0.25, 0.3) is 0 Å². The van der Waals surface area contributed by atoms with Crippen molar-refractivity contribution in [1.29, 1.82) is 0 Å². The minimum atomic E-state index is -0.444. The molecule has 3 rings (SSSR count). The van der Waals surface area contributed by atoms with Crippen LogP contribution in [0.5, 0.6) is 0 Å². The second kappa shape index (κ2) is 8.17. The Hall–Kier alpha value is -2.32. The van der Waals surface area contributed by atoms with E-state index in [0.29, 0.717) is 26.1 Å². The summed E-state index contributed by atoms with van der Waals surface area (Å²) < 4.78 is 1.54. The van der Waals surface area contributed by atoms with Gasteiger partial charge in [0.05, 0.1) is 6.10 Å². The first kappa shape index (κ1) is 17.5. The molecular formula is C17H24N6O2. The minimum Gasteiger partial charge on any atom is -0.392 e. The highest BCUT2D eigenvalue weighted by Crippen LogP contribution is 2.17. The summed E-state index contributed by atoms with van der Waals surface area (Å²) in [6.45, 7) is 5.26. The molecule has 0 aliphatic carbocycles. The number of carbonyl (C=O) groups excluding carboxylic acids is 1. The number of piperazine rings is 1. The molecule has 2 aromatic rings. The monoisotopic (exact) mass is 344 g/mol. The molecule has 0 unspecified atom stereocenters. The Kier molecular flexibility index (Phi) is 5.72. The van der Waals surface area contributed by atoms with Crippen molar-refractivity contribution in [1.82, 2.24) is 30.0 Å². The van der Waals surface area contributed by atoms with Gasteiger partial charge in [0.1, 0.15) is 12.4 Å². The third kappa shape index (κ3) is 4.61. The molecule has 1 N–H and O–H groups in total. The first-order valence-electron chi connectivity index (χ1n) is 8.59. The number of benzene rings is 1. The maximum atomic E-state index is 13.1. The molecule has 1 aromatic heterocycles. The third-order valence-corrected chi connectivity index (χ3v) is 4.45. The second-order valence-corrected chi connectivity index (χ2v) is 6.47. The number of carbonyl (C=O) groups is 1. The zero-order chi connectivity index (χ0) is 17.6. The smallest absolute Gasteiger partial charge is 0.248 e. The summed E-state index contributed by atoms with van der Waals surface area (Å²) in [6.07, 6.45) is 1.70. The van der Waals surface area contributed by atoms with Gasteiger partial charge in [0.2, 0.25) is 5.91 Å². The van der Waals surface area contributed by atoms with E-state index >= 15 is 0 Å². The van der Waals surface area contributed by atoms with Crippen molar-refractivity contribution in [2.45, 2.75) is 25.5 Å². The van der Waals surface area contributed by atoms with E-state index in [4.69, 9.17) is 0 Å². The van der Waals surface area contributed by atoms with Crippen molar-refractivity contribution in [2.75, 3.05) is 32.7 Å². The van der Waals surface area contributed by atoms with Crippen LogP contribution in [0.2, 0.25) is 0 Å². The van der Waals surface area contributed by atoms with Gasteiger partial charge in [-0.3, -0.25) is 9.69 Å². The lowest BCUT2D eigenvalue weighted by Crippen LogP contribution is -2.52. The lowest BCUT2D eigenvalue weighted by molar-refractivity contribution is -0.137. The molecule has 25 heavy (non-hydrogen) atoms. The molecule has 1 aliphatic rings. The fourth-order valence-electron chi connectivity index (χ4n) is 3.18. The fraction of sp³-hybridized carbons (Fsp3) is 0.529. The standard InChI is InChI=1S/C17H24N6O2/c1-14(24)12-21-7-9-22(10-8-21)17(25)16(23-13-18-19-20-23)11-15-5-3-2-4-6-15/h2-6,13-14,16,24H,7-12H2,1H3/t14-,16+/m0/s1. The molecule has 2 heterocycles. The van der Waals surface area contributed by atoms with Gasteiger partial charge in [-0.25, -0.2) is 4.68 Å². The Morgan fingerprint density at radius 1 is 1.20 bits per heavy atom. The normalized spacial score (nSPS) is 18.1. The quantitative estimate of drug-likeness (QED) is 0.793. The number of aliphatic hydroxyl groups excluding tert-OH is 1. The SMILES string of the molecule is C[C@H](O)CN1CCN(C(=O)[C@@H](Cc2ccccc2)n2cnnn2)CC1. The highest BCUT2D eigenvalue weighted by molar-refractivity contribution is 5.80. The van der Waals surface area contributed by atoms with Crippen LogP contribution in [-0.4, -0.2) is 79.8 Å². The van der Waals surface area contributed by atoms with Crippen molar-refractivity contribution in [3.8, 4) is 0 Å². The minimum absolute atomic E-state index is 0.0350. The Balaban J connectivity index is 1.68. The van der Waals surface area contributed by atoms with Gasteiger partial charge < -0.3 is 10.0 Å². The molecule has 1 aromatic carbocycles. The molecule has 0 bridgehead atoms. The highest BCUT2D eigenvalue weighted by atomic mass is 16.3. The number of nitrogens with zero attached hydrogens (tertiary/aromatic N) is 6. The van der Waals surface area contributed by atoms with E-state index in [0.717, 1.165) is 18.7 Å². The summed E-state index contributed by atoms with van der Waals surface area (Å²) in [5.41, 5.74) is 1.07. The molecule has 1 saturated heterocycles. The predicted molar refractivity (Wildman–Crippen MR) is 91.7 cm³/mol. The average Bonchev–Trinajstić information content (AvgIpc) is 3.14. The van der Waals surface area contributed by atoms with Gasteiger partial charge in [0.15, 0.2) is 0 Å². The van der Waals surface area contributed by atoms with Crippen LogP contribution in [-0.2, 0) is 11.2 Å². The largest absolute Gasteiger partial charge is 0.392 e. The molecule has 0 spiro atoms. The number of rotatable bonds is 6. The summed E-state index contributed by atoms with van der Waals surface area (Å²) in [4.78, 5) is 17.1. The van der Waals surface area contributed by atoms with Crippen LogP contribution < -0.4 is 0 Å². The van der Waals surface area contributed by atoms with Crippen LogP contribution in [0.1, 0.15) is 18.5 Å². The Bertz CT molecular complexity index is 653. The van der Waals surface area contributed by atoms with Crippen LogP contribution in [0.3, 0.4) is 0 Å². The lowest BCUT2D eigenvalue weighted by atomic mass is 10.0. The summed E-state index contributed by atoms with van der Waals surface area (Å²) >= 11 is 0. The van der Waals surface area contributed by atoms with Gasteiger partial charge in [-0.1, -0.05) is 30.3 Å². The lowest BCUT2D eigenvalue weighted by Gasteiger charge is -2.36. The number of hydrogen-bond donors (Lipinski definition) is 1. The molecular weight excluding hydrogens is 320 g/mol. The van der Waals surface area contributed by atoms with E-state index in [1.807, 2.05) is 35.2 Å². The molecule has 8 heteroatoms. The van der Waals surface area contributed by atoms with Gasteiger partial charge in [0.25, 0.3) is 0 Å². The van der Waals surface area contributed by atoms with Crippen molar-refractivity contribution in [3.63, 3.8) is 0 Å². The number of tetrazole rings is 1. The maximum absolute atomic E-state index is 13.1. The van der Waals surface area contributed by atoms with E-state index in [2.05, 4.69) is 20.4 Å². The summed E-state index contributed by atoms with van der Waals surface area (Å²) in [7, 11) is 0. The molecule has 1 amide bonds. The first-order valence-corrected chi connectivity index (χ1v) is 8.59. The molecule has 1 fully saturated rings. The van der Waals surface area contributed by atoms with Crippen molar-refractivity contribution >= 4 is 5.91 Å². The van der Waals surface area contributed by atoms with Gasteiger partial charge >= 0.3 is 0 Å². The first-order chi connectivity index (χ1) is 12.1. The van der Waals surface area contributed by atoms with E-state index in [1.54, 1.807) is 6.92 Å². The van der Waals surface area contributed by atoms with Crippen LogP contribution in [0.4, 0.5) is 0 Å². The third-order valence-electron chi connectivity index (χ3n) is 4.45. The van der Waals surface area contributed by atoms with Gasteiger partial charge in [0, 0.05) is 39.1 Å². The van der Waals surface area contributed by atoms with Crippen LogP contribution >= 0.6 is 0 Å². The number of hydrogen-bond acceptors (Lipinski definition) is 6. The molecule has 2 atom stereocenters. The fourth-order valence-corrected chi connectivity index (χ4v) is 3.18. The number of β-amino-alcohol motifs (C(OH)–C–C–N with tert-alkyl or cyclic N) is 1. The molecule has 0 saturated carbocycles. The van der Waals surface area contributed by atoms with Crippen molar-refractivity contribution < 1.29 is 9.90 Å². The van der Waals surface area contributed by atoms with Crippen LogP contribution in [0, 0.1) is 0 Å². The van der Waals surface area contributed by atoms with Crippen molar-refractivity contribution in [2.24, 2.45) is 0 Å². The average molecular weight is 344 g/mol. The van der Waals surface area contributed by atoms with Crippen LogP contribution in [0.15, 0.2) is 36.7 Å². The number of amides is 1. The van der Waals surface area contributed by atoms with E-state index in [1.165, 1.54) is 11.0 Å². The summed E-state index contributed by atoms with van der Waals surface area (Å²) in [6, 6.07) is 9.45. The summed E-state index contributed by atoms with van der Waals surface area (Å²) in [5, 5.41) is 20.8. The van der Waals surface area contributed by atoms with Crippen molar-refractivity contribution in [3.05, 3.63) is 42.2 Å². The van der Waals surface area contributed by atoms with Gasteiger partial charge in [-0.05, 0) is 22.9 Å². The van der Waals surface area contributed by atoms with E-state index in [-0.39, 0.29) is 12.0 Å². The zero-order valence-corrected chi connectivity index (χ0v) is 14.4. The van der Waals surface area contributed by atoms with Gasteiger partial charge in [-0.15, -0.1) is 5.10 Å². The van der Waals surface area contributed by atoms with Gasteiger partial charge in [-0.2, -0.15) is 0 Å². The molecule has 1 aliphatic heterocycles. The molecule has 8 nitrogen and oxygen atoms in total. The highest BCUT2D eigenvalue weighted by Gasteiger charge is 2.29. The van der Waals surface area contributed by atoms with E-state index < -0.39 is 6.04 Å². The topological polar surface area (TPSA) is 87.4 Å².